The highest BCUT2D eigenvalue weighted by atomic mass is 16.5. The number of carboxylic acids is 1. The maximum Gasteiger partial charge on any atom is 0.331 e. The van der Waals surface area contributed by atoms with Crippen LogP contribution in [0.5, 0.6) is 17.2 Å². The third-order valence-electron chi connectivity index (χ3n) is 4.21. The molecule has 3 aromatic rings. The number of hydrogen-bond acceptors (Lipinski definition) is 5. The molecule has 2 aromatic carbocycles. The lowest BCUT2D eigenvalue weighted by Crippen LogP contribution is -1.95. The quantitative estimate of drug-likeness (QED) is 0.640. The number of carboxylic acid groups (broad SMARTS) is 1. The van der Waals surface area contributed by atoms with E-state index in [0.717, 1.165) is 16.5 Å². The first-order valence-electron chi connectivity index (χ1n) is 8.22. The van der Waals surface area contributed by atoms with Crippen LogP contribution in [0.4, 0.5) is 0 Å². The van der Waals surface area contributed by atoms with Gasteiger partial charge in [-0.05, 0) is 55.0 Å². The molecule has 0 saturated heterocycles. The summed E-state index contributed by atoms with van der Waals surface area (Å²) in [6, 6.07) is 11.0. The van der Waals surface area contributed by atoms with Crippen molar-refractivity contribution in [2.75, 3.05) is 21.3 Å². The maximum atomic E-state index is 11.1. The second-order valence-electron chi connectivity index (χ2n) is 5.95. The zero-order valence-corrected chi connectivity index (χ0v) is 15.5. The van der Waals surface area contributed by atoms with Crippen molar-refractivity contribution < 1.29 is 28.5 Å². The highest BCUT2D eigenvalue weighted by Gasteiger charge is 2.14. The van der Waals surface area contributed by atoms with Gasteiger partial charge in [0.25, 0.3) is 0 Å². The van der Waals surface area contributed by atoms with Crippen molar-refractivity contribution in [2.45, 2.75) is 6.92 Å². The number of aliphatic carboxylic acids is 1. The van der Waals surface area contributed by atoms with Gasteiger partial charge in [0.05, 0.1) is 21.3 Å². The normalized spacial score (nSPS) is 11.5. The second kappa shape index (κ2) is 7.45. The molecule has 3 rings (SSSR count). The van der Waals surface area contributed by atoms with E-state index in [9.17, 15) is 4.79 Å². The second-order valence-corrected chi connectivity index (χ2v) is 5.95. The molecule has 1 heterocycles. The predicted molar refractivity (Wildman–Crippen MR) is 103 cm³/mol. The van der Waals surface area contributed by atoms with Crippen molar-refractivity contribution in [3.05, 3.63) is 47.5 Å². The van der Waals surface area contributed by atoms with Crippen LogP contribution in [0, 0.1) is 0 Å². The molecule has 0 radical (unpaired) electrons. The van der Waals surface area contributed by atoms with Crippen LogP contribution < -0.4 is 14.2 Å². The topological polar surface area (TPSA) is 78.1 Å². The summed E-state index contributed by atoms with van der Waals surface area (Å²) in [7, 11) is 4.70. The van der Waals surface area contributed by atoms with Crippen LogP contribution in [0.25, 0.3) is 28.4 Å². The molecule has 0 aliphatic rings. The van der Waals surface area contributed by atoms with E-state index in [-0.39, 0.29) is 5.57 Å². The molecule has 27 heavy (non-hydrogen) atoms. The Bertz CT molecular complexity index is 1030. The molecule has 140 valence electrons. The number of methoxy groups -OCH3 is 3. The van der Waals surface area contributed by atoms with Gasteiger partial charge in [-0.3, -0.25) is 0 Å². The van der Waals surface area contributed by atoms with Crippen LogP contribution in [0.1, 0.15) is 12.5 Å². The molecular formula is C21H20O6. The van der Waals surface area contributed by atoms with E-state index in [4.69, 9.17) is 23.7 Å². The Kier molecular flexibility index (Phi) is 5.07. The van der Waals surface area contributed by atoms with Gasteiger partial charge >= 0.3 is 5.97 Å². The summed E-state index contributed by atoms with van der Waals surface area (Å²) >= 11 is 0. The van der Waals surface area contributed by atoms with Crippen molar-refractivity contribution in [1.29, 1.82) is 0 Å². The minimum atomic E-state index is -0.965. The van der Waals surface area contributed by atoms with Crippen LogP contribution in [-0.4, -0.2) is 32.4 Å². The lowest BCUT2D eigenvalue weighted by Gasteiger charge is -2.08. The average Bonchev–Trinajstić information content (AvgIpc) is 3.10. The largest absolute Gasteiger partial charge is 0.493 e. The fourth-order valence-corrected chi connectivity index (χ4v) is 2.82. The molecule has 0 aliphatic carbocycles. The first kappa shape index (κ1) is 18.4. The Morgan fingerprint density at radius 3 is 2.30 bits per heavy atom. The Hall–Kier alpha value is -3.41. The van der Waals surface area contributed by atoms with Crippen molar-refractivity contribution in [3.63, 3.8) is 0 Å². The van der Waals surface area contributed by atoms with Gasteiger partial charge in [-0.1, -0.05) is 0 Å². The molecule has 0 atom stereocenters. The van der Waals surface area contributed by atoms with Crippen LogP contribution in [-0.2, 0) is 4.79 Å². The van der Waals surface area contributed by atoms with Gasteiger partial charge in [0.15, 0.2) is 22.8 Å². The first-order chi connectivity index (χ1) is 13.0. The summed E-state index contributed by atoms with van der Waals surface area (Å²) in [4.78, 5) is 11.1. The predicted octanol–water partition coefficient (Wildman–Crippen LogP) is 4.61. The van der Waals surface area contributed by atoms with E-state index >= 15 is 0 Å². The number of fused-ring (bicyclic) bond motifs is 1. The van der Waals surface area contributed by atoms with E-state index < -0.39 is 5.97 Å². The van der Waals surface area contributed by atoms with Gasteiger partial charge in [-0.25, -0.2) is 4.79 Å². The monoisotopic (exact) mass is 368 g/mol. The van der Waals surface area contributed by atoms with E-state index in [1.54, 1.807) is 40.4 Å². The molecule has 0 bridgehead atoms. The van der Waals surface area contributed by atoms with Crippen molar-refractivity contribution in [2.24, 2.45) is 0 Å². The smallest absolute Gasteiger partial charge is 0.331 e. The molecule has 0 fully saturated rings. The molecule has 0 aliphatic heterocycles. The van der Waals surface area contributed by atoms with E-state index in [1.807, 2.05) is 30.3 Å². The molecular weight excluding hydrogens is 348 g/mol. The van der Waals surface area contributed by atoms with E-state index in [1.165, 1.54) is 0 Å². The minimum absolute atomic E-state index is 0.236. The number of furan rings is 1. The zero-order chi connectivity index (χ0) is 19.6. The first-order valence-corrected chi connectivity index (χ1v) is 8.22. The molecule has 0 spiro atoms. The Morgan fingerprint density at radius 2 is 1.67 bits per heavy atom. The van der Waals surface area contributed by atoms with Gasteiger partial charge in [0, 0.05) is 16.5 Å². The van der Waals surface area contributed by atoms with Gasteiger partial charge in [0.1, 0.15) is 5.76 Å². The van der Waals surface area contributed by atoms with Gasteiger partial charge < -0.3 is 23.7 Å². The Morgan fingerprint density at radius 1 is 0.963 bits per heavy atom. The van der Waals surface area contributed by atoms with Crippen LogP contribution in [0.15, 0.2) is 46.4 Å². The van der Waals surface area contributed by atoms with Gasteiger partial charge in [-0.15, -0.1) is 0 Å². The maximum absolute atomic E-state index is 11.1. The van der Waals surface area contributed by atoms with Crippen LogP contribution in [0.3, 0.4) is 0 Å². The molecule has 1 N–H and O–H groups in total. The summed E-state index contributed by atoms with van der Waals surface area (Å²) in [5.41, 5.74) is 2.37. The number of hydrogen-bond donors (Lipinski definition) is 1. The molecule has 0 saturated carbocycles. The Labute approximate surface area is 156 Å². The standard InChI is InChI=1S/C21H20O6/c1-12(21(22)23)7-13-8-15-11-17(27-20(15)19(9-13)26-4)14-5-6-16(24-2)18(10-14)25-3/h5-11H,1-4H3,(H,22,23)/b12-7+. The summed E-state index contributed by atoms with van der Waals surface area (Å²) in [5.74, 6) is 1.44. The van der Waals surface area contributed by atoms with Crippen molar-refractivity contribution >= 4 is 23.0 Å². The number of carbonyl (C=O) groups is 1. The average molecular weight is 368 g/mol. The minimum Gasteiger partial charge on any atom is -0.493 e. The summed E-state index contributed by atoms with van der Waals surface area (Å²) in [6.45, 7) is 1.55. The van der Waals surface area contributed by atoms with Gasteiger partial charge in [0.2, 0.25) is 0 Å². The summed E-state index contributed by atoms with van der Waals surface area (Å²) in [5, 5.41) is 9.90. The van der Waals surface area contributed by atoms with E-state index in [0.29, 0.717) is 28.6 Å². The number of rotatable bonds is 6. The molecule has 6 nitrogen and oxygen atoms in total. The number of benzene rings is 2. The third-order valence-corrected chi connectivity index (χ3v) is 4.21. The lowest BCUT2D eigenvalue weighted by atomic mass is 10.1. The molecule has 1 aromatic heterocycles. The molecule has 0 unspecified atom stereocenters. The fraction of sp³-hybridized carbons (Fsp3) is 0.190. The van der Waals surface area contributed by atoms with Crippen molar-refractivity contribution in [1.82, 2.24) is 0 Å². The van der Waals surface area contributed by atoms with Gasteiger partial charge in [-0.2, -0.15) is 0 Å². The SMILES string of the molecule is COc1ccc(-c2cc3cc(/C=C(\C)C(=O)O)cc(OC)c3o2)cc1OC. The molecule has 6 heteroatoms. The third kappa shape index (κ3) is 3.60. The van der Waals surface area contributed by atoms with Crippen molar-refractivity contribution in [3.8, 4) is 28.6 Å². The Balaban J connectivity index is 2.12. The van der Waals surface area contributed by atoms with Crippen LogP contribution in [0.2, 0.25) is 0 Å². The zero-order valence-electron chi connectivity index (χ0n) is 15.5. The summed E-state index contributed by atoms with van der Waals surface area (Å²) in [6.07, 6.45) is 1.59. The summed E-state index contributed by atoms with van der Waals surface area (Å²) < 4.78 is 22.0. The van der Waals surface area contributed by atoms with E-state index in [2.05, 4.69) is 0 Å². The molecule has 0 amide bonds. The fourth-order valence-electron chi connectivity index (χ4n) is 2.82. The van der Waals surface area contributed by atoms with Crippen LogP contribution >= 0.6 is 0 Å². The highest BCUT2D eigenvalue weighted by Crippen LogP contribution is 2.38. The highest BCUT2D eigenvalue weighted by molar-refractivity contribution is 5.94. The number of ether oxygens (including phenoxy) is 3. The lowest BCUT2D eigenvalue weighted by molar-refractivity contribution is -0.132.